The number of nitrogens with one attached hydrogen (secondary N) is 2. The first-order valence-electron chi connectivity index (χ1n) is 6.45. The van der Waals surface area contributed by atoms with Crippen LogP contribution in [0.2, 0.25) is 0 Å². The molecule has 2 rings (SSSR count). The minimum absolute atomic E-state index is 0.147. The van der Waals surface area contributed by atoms with E-state index in [0.717, 1.165) is 23.9 Å². The van der Waals surface area contributed by atoms with Gasteiger partial charge in [-0.2, -0.15) is 5.10 Å². The van der Waals surface area contributed by atoms with Crippen molar-refractivity contribution in [2.75, 3.05) is 7.05 Å². The molecule has 1 aromatic heterocycles. The first kappa shape index (κ1) is 15.0. The standard InChI is InChI=1S/C14H17F2N5/c1-17-14(19-9-12-5-6-20-21(12)2)18-8-10-7-11(15)3-4-13(10)16/h3-7H,8-9H2,1-2H3,(H2,17,18,19). The Balaban J connectivity index is 1.91. The number of benzene rings is 1. The molecule has 21 heavy (non-hydrogen) atoms. The lowest BCUT2D eigenvalue weighted by Gasteiger charge is -2.12. The molecule has 0 bridgehead atoms. The van der Waals surface area contributed by atoms with Gasteiger partial charge in [-0.1, -0.05) is 0 Å². The third kappa shape index (κ3) is 4.01. The second-order valence-corrected chi connectivity index (χ2v) is 4.46. The molecule has 0 amide bonds. The Labute approximate surface area is 121 Å². The molecule has 1 heterocycles. The Bertz CT molecular complexity index is 636. The normalized spacial score (nSPS) is 11.5. The predicted molar refractivity (Wildman–Crippen MR) is 76.6 cm³/mol. The summed E-state index contributed by atoms with van der Waals surface area (Å²) in [6, 6.07) is 5.25. The average Bonchev–Trinajstić information content (AvgIpc) is 2.88. The van der Waals surface area contributed by atoms with Gasteiger partial charge in [-0.25, -0.2) is 8.78 Å². The average molecular weight is 293 g/mol. The van der Waals surface area contributed by atoms with Crippen LogP contribution in [0, 0.1) is 11.6 Å². The van der Waals surface area contributed by atoms with Crippen LogP contribution < -0.4 is 10.6 Å². The highest BCUT2D eigenvalue weighted by Gasteiger charge is 2.06. The van der Waals surface area contributed by atoms with Crippen molar-refractivity contribution in [1.29, 1.82) is 0 Å². The second kappa shape index (κ2) is 6.83. The van der Waals surface area contributed by atoms with E-state index in [4.69, 9.17) is 0 Å². The van der Waals surface area contributed by atoms with Gasteiger partial charge in [0.25, 0.3) is 0 Å². The molecule has 0 unspecified atom stereocenters. The Morgan fingerprint density at radius 2 is 2.00 bits per heavy atom. The SMILES string of the molecule is CN=C(NCc1cc(F)ccc1F)NCc1ccnn1C. The number of hydrogen-bond acceptors (Lipinski definition) is 2. The molecular formula is C14H17F2N5. The quantitative estimate of drug-likeness (QED) is 0.664. The van der Waals surface area contributed by atoms with Gasteiger partial charge in [0.2, 0.25) is 0 Å². The highest BCUT2D eigenvalue weighted by Crippen LogP contribution is 2.09. The van der Waals surface area contributed by atoms with Crippen LogP contribution in [0.5, 0.6) is 0 Å². The Hall–Kier alpha value is -2.44. The summed E-state index contributed by atoms with van der Waals surface area (Å²) in [6.07, 6.45) is 1.70. The molecule has 0 saturated heterocycles. The van der Waals surface area contributed by atoms with Crippen LogP contribution >= 0.6 is 0 Å². The van der Waals surface area contributed by atoms with E-state index in [-0.39, 0.29) is 12.1 Å². The number of aromatic nitrogens is 2. The van der Waals surface area contributed by atoms with E-state index < -0.39 is 11.6 Å². The van der Waals surface area contributed by atoms with Crippen molar-refractivity contribution in [2.24, 2.45) is 12.0 Å². The molecule has 2 aromatic rings. The summed E-state index contributed by atoms with van der Waals surface area (Å²) >= 11 is 0. The number of halogens is 2. The van der Waals surface area contributed by atoms with Gasteiger partial charge in [-0.05, 0) is 24.3 Å². The number of hydrogen-bond donors (Lipinski definition) is 2. The van der Waals surface area contributed by atoms with Crippen molar-refractivity contribution in [3.8, 4) is 0 Å². The van der Waals surface area contributed by atoms with Crippen LogP contribution in [0.1, 0.15) is 11.3 Å². The van der Waals surface area contributed by atoms with Crippen LogP contribution in [0.25, 0.3) is 0 Å². The Kier molecular flexibility index (Phi) is 4.86. The minimum Gasteiger partial charge on any atom is -0.352 e. The summed E-state index contributed by atoms with van der Waals surface area (Å²) in [4.78, 5) is 4.03. The Morgan fingerprint density at radius 1 is 1.24 bits per heavy atom. The molecule has 0 aliphatic rings. The van der Waals surface area contributed by atoms with E-state index >= 15 is 0 Å². The van der Waals surface area contributed by atoms with Gasteiger partial charge >= 0.3 is 0 Å². The van der Waals surface area contributed by atoms with E-state index in [9.17, 15) is 8.78 Å². The molecule has 0 saturated carbocycles. The van der Waals surface area contributed by atoms with Crippen molar-refractivity contribution in [2.45, 2.75) is 13.1 Å². The summed E-state index contributed by atoms with van der Waals surface area (Å²) in [5, 5.41) is 10.1. The minimum atomic E-state index is -0.467. The van der Waals surface area contributed by atoms with E-state index in [2.05, 4.69) is 20.7 Å². The predicted octanol–water partition coefficient (Wildman–Crippen LogP) is 1.56. The lowest BCUT2D eigenvalue weighted by Crippen LogP contribution is -2.36. The smallest absolute Gasteiger partial charge is 0.191 e. The molecule has 5 nitrogen and oxygen atoms in total. The van der Waals surface area contributed by atoms with Crippen LogP contribution in [-0.2, 0) is 20.1 Å². The van der Waals surface area contributed by atoms with Crippen molar-refractivity contribution >= 4 is 5.96 Å². The number of aryl methyl sites for hydroxylation is 1. The molecule has 0 aliphatic carbocycles. The van der Waals surface area contributed by atoms with Crippen LogP contribution in [0.15, 0.2) is 35.5 Å². The van der Waals surface area contributed by atoms with Crippen molar-refractivity contribution < 1.29 is 8.78 Å². The Morgan fingerprint density at radius 3 is 2.67 bits per heavy atom. The summed E-state index contributed by atoms with van der Waals surface area (Å²) in [5.41, 5.74) is 1.23. The molecule has 0 spiro atoms. The maximum atomic E-state index is 13.5. The van der Waals surface area contributed by atoms with E-state index in [1.807, 2.05) is 13.1 Å². The number of guanidine groups is 1. The van der Waals surface area contributed by atoms with Gasteiger partial charge in [-0.15, -0.1) is 0 Å². The molecule has 112 valence electrons. The zero-order valence-corrected chi connectivity index (χ0v) is 11.9. The van der Waals surface area contributed by atoms with Gasteiger partial charge in [0.15, 0.2) is 5.96 Å². The first-order chi connectivity index (χ1) is 10.1. The van der Waals surface area contributed by atoms with E-state index in [1.54, 1.807) is 17.9 Å². The molecule has 0 fully saturated rings. The molecule has 1 aromatic carbocycles. The maximum Gasteiger partial charge on any atom is 0.191 e. The second-order valence-electron chi connectivity index (χ2n) is 4.46. The summed E-state index contributed by atoms with van der Waals surface area (Å²) < 4.78 is 28.3. The van der Waals surface area contributed by atoms with E-state index in [1.165, 1.54) is 0 Å². The fraction of sp³-hybridized carbons (Fsp3) is 0.286. The molecule has 7 heteroatoms. The molecule has 0 atom stereocenters. The molecular weight excluding hydrogens is 276 g/mol. The number of aliphatic imine (C=N–C) groups is 1. The number of nitrogens with zero attached hydrogens (tertiary/aromatic N) is 3. The van der Waals surface area contributed by atoms with Gasteiger partial charge in [0.05, 0.1) is 12.2 Å². The monoisotopic (exact) mass is 293 g/mol. The highest BCUT2D eigenvalue weighted by molar-refractivity contribution is 5.79. The highest BCUT2D eigenvalue weighted by atomic mass is 19.1. The lowest BCUT2D eigenvalue weighted by molar-refractivity contribution is 0.581. The van der Waals surface area contributed by atoms with Crippen molar-refractivity contribution in [3.05, 3.63) is 53.4 Å². The maximum absolute atomic E-state index is 13.5. The summed E-state index contributed by atoms with van der Waals surface area (Å²) in [5.74, 6) is -0.420. The van der Waals surface area contributed by atoms with Gasteiger partial charge in [-0.3, -0.25) is 9.67 Å². The van der Waals surface area contributed by atoms with Crippen molar-refractivity contribution in [3.63, 3.8) is 0 Å². The van der Waals surface area contributed by atoms with Crippen molar-refractivity contribution in [1.82, 2.24) is 20.4 Å². The third-order valence-corrected chi connectivity index (χ3v) is 3.04. The topological polar surface area (TPSA) is 54.2 Å². The van der Waals surface area contributed by atoms with Crippen LogP contribution in [0.4, 0.5) is 8.78 Å². The fourth-order valence-corrected chi connectivity index (χ4v) is 1.83. The molecule has 2 N–H and O–H groups in total. The summed E-state index contributed by atoms with van der Waals surface area (Å²) in [7, 11) is 3.45. The molecule has 0 radical (unpaired) electrons. The van der Waals surface area contributed by atoms with Crippen LogP contribution in [-0.4, -0.2) is 22.8 Å². The fourth-order valence-electron chi connectivity index (χ4n) is 1.83. The van der Waals surface area contributed by atoms with Gasteiger partial charge in [0, 0.05) is 32.4 Å². The largest absolute Gasteiger partial charge is 0.352 e. The lowest BCUT2D eigenvalue weighted by atomic mass is 10.2. The summed E-state index contributed by atoms with van der Waals surface area (Å²) in [6.45, 7) is 0.677. The zero-order chi connectivity index (χ0) is 15.2. The van der Waals surface area contributed by atoms with E-state index in [0.29, 0.717) is 12.5 Å². The third-order valence-electron chi connectivity index (χ3n) is 3.04. The van der Waals surface area contributed by atoms with Gasteiger partial charge in [0.1, 0.15) is 11.6 Å². The number of rotatable bonds is 4. The zero-order valence-electron chi connectivity index (χ0n) is 11.9. The molecule has 0 aliphatic heterocycles. The van der Waals surface area contributed by atoms with Gasteiger partial charge < -0.3 is 10.6 Å². The van der Waals surface area contributed by atoms with Crippen LogP contribution in [0.3, 0.4) is 0 Å². The first-order valence-corrected chi connectivity index (χ1v) is 6.45.